The number of hydrogen-bond donors (Lipinski definition) is 3. The first-order valence-electron chi connectivity index (χ1n) is 7.10. The second kappa shape index (κ2) is 7.43. The summed E-state index contributed by atoms with van der Waals surface area (Å²) in [5.41, 5.74) is 3.70. The summed E-state index contributed by atoms with van der Waals surface area (Å²) in [4.78, 5) is 6.61. The van der Waals surface area contributed by atoms with Crippen molar-refractivity contribution in [1.29, 1.82) is 0 Å². The standard InChI is InChI=1S/C14H24N4O/c15-17-14-7-6-12(10-16-14)11-18(8-9-19)13-4-2-1-3-5-13/h6-7,10,13,19H,1-5,8-9,11,15H2,(H,16,17). The highest BCUT2D eigenvalue weighted by Gasteiger charge is 2.20. The van der Waals surface area contributed by atoms with Crippen LogP contribution in [0, 0.1) is 0 Å². The molecule has 0 radical (unpaired) electrons. The molecular weight excluding hydrogens is 240 g/mol. The van der Waals surface area contributed by atoms with Crippen molar-refractivity contribution in [1.82, 2.24) is 9.88 Å². The molecule has 0 atom stereocenters. The number of aromatic nitrogens is 1. The third-order valence-electron chi connectivity index (χ3n) is 3.84. The minimum Gasteiger partial charge on any atom is -0.395 e. The van der Waals surface area contributed by atoms with Crippen LogP contribution < -0.4 is 11.3 Å². The lowest BCUT2D eigenvalue weighted by Crippen LogP contribution is -2.38. The largest absolute Gasteiger partial charge is 0.395 e. The van der Waals surface area contributed by atoms with E-state index < -0.39 is 0 Å². The van der Waals surface area contributed by atoms with Crippen LogP contribution in [0.4, 0.5) is 5.82 Å². The van der Waals surface area contributed by atoms with E-state index in [4.69, 9.17) is 5.84 Å². The Bertz CT molecular complexity index is 362. The molecule has 0 aliphatic heterocycles. The number of pyridine rings is 1. The summed E-state index contributed by atoms with van der Waals surface area (Å²) in [5.74, 6) is 5.99. The number of anilines is 1. The first kappa shape index (κ1) is 14.2. The maximum absolute atomic E-state index is 9.24. The number of hydrogen-bond acceptors (Lipinski definition) is 5. The zero-order chi connectivity index (χ0) is 13.5. The molecule has 1 heterocycles. The zero-order valence-electron chi connectivity index (χ0n) is 11.4. The maximum Gasteiger partial charge on any atom is 0.139 e. The quantitative estimate of drug-likeness (QED) is 0.536. The summed E-state index contributed by atoms with van der Waals surface area (Å²) >= 11 is 0. The van der Waals surface area contributed by atoms with Crippen molar-refractivity contribution >= 4 is 5.82 Å². The summed E-state index contributed by atoms with van der Waals surface area (Å²) in [7, 11) is 0. The van der Waals surface area contributed by atoms with Crippen molar-refractivity contribution < 1.29 is 5.11 Å². The first-order valence-corrected chi connectivity index (χ1v) is 7.10. The molecule has 1 aliphatic rings. The van der Waals surface area contributed by atoms with Gasteiger partial charge < -0.3 is 10.5 Å². The molecule has 4 N–H and O–H groups in total. The topological polar surface area (TPSA) is 74.4 Å². The van der Waals surface area contributed by atoms with Gasteiger partial charge in [-0.1, -0.05) is 25.3 Å². The van der Waals surface area contributed by atoms with E-state index >= 15 is 0 Å². The van der Waals surface area contributed by atoms with Gasteiger partial charge in [-0.25, -0.2) is 10.8 Å². The molecule has 0 aromatic carbocycles. The fraction of sp³-hybridized carbons (Fsp3) is 0.643. The van der Waals surface area contributed by atoms with Crippen molar-refractivity contribution in [3.63, 3.8) is 0 Å². The minimum atomic E-state index is 0.215. The molecule has 1 saturated carbocycles. The molecule has 0 spiro atoms. The van der Waals surface area contributed by atoms with Crippen LogP contribution in [0.15, 0.2) is 18.3 Å². The van der Waals surface area contributed by atoms with Gasteiger partial charge in [0.15, 0.2) is 0 Å². The molecule has 0 saturated heterocycles. The third-order valence-corrected chi connectivity index (χ3v) is 3.84. The lowest BCUT2D eigenvalue weighted by molar-refractivity contribution is 0.117. The summed E-state index contributed by atoms with van der Waals surface area (Å²) in [6.45, 7) is 1.80. The van der Waals surface area contributed by atoms with Gasteiger partial charge in [-0.3, -0.25) is 4.90 Å². The molecule has 1 fully saturated rings. The van der Waals surface area contributed by atoms with Crippen LogP contribution in [0.5, 0.6) is 0 Å². The second-order valence-corrected chi connectivity index (χ2v) is 5.18. The molecule has 5 nitrogen and oxygen atoms in total. The number of aliphatic hydroxyl groups excluding tert-OH is 1. The number of rotatable bonds is 6. The van der Waals surface area contributed by atoms with E-state index in [1.165, 1.54) is 32.1 Å². The monoisotopic (exact) mass is 264 g/mol. The third kappa shape index (κ3) is 4.16. The van der Waals surface area contributed by atoms with Crippen molar-refractivity contribution in [2.75, 3.05) is 18.6 Å². The zero-order valence-corrected chi connectivity index (χ0v) is 11.4. The highest BCUT2D eigenvalue weighted by atomic mass is 16.3. The number of nitrogens with two attached hydrogens (primary N) is 1. The average Bonchev–Trinajstić information content (AvgIpc) is 2.48. The molecule has 0 amide bonds. The Kier molecular flexibility index (Phi) is 5.57. The lowest BCUT2D eigenvalue weighted by atomic mass is 9.94. The van der Waals surface area contributed by atoms with Crippen LogP contribution in [0.1, 0.15) is 37.7 Å². The van der Waals surface area contributed by atoms with Crippen molar-refractivity contribution in [2.45, 2.75) is 44.7 Å². The van der Waals surface area contributed by atoms with Gasteiger partial charge in [-0.05, 0) is 24.5 Å². The Hall–Kier alpha value is -1.17. The molecule has 106 valence electrons. The Balaban J connectivity index is 1.97. The van der Waals surface area contributed by atoms with Gasteiger partial charge in [0.05, 0.1) is 6.61 Å². The summed E-state index contributed by atoms with van der Waals surface area (Å²) in [5, 5.41) is 9.24. The number of nitrogens with zero attached hydrogens (tertiary/aromatic N) is 2. The molecule has 1 aromatic heterocycles. The van der Waals surface area contributed by atoms with Gasteiger partial charge in [0.25, 0.3) is 0 Å². The van der Waals surface area contributed by atoms with Crippen LogP contribution in [-0.4, -0.2) is 34.2 Å². The number of nitrogen functional groups attached to an aromatic ring is 1. The Morgan fingerprint density at radius 1 is 1.32 bits per heavy atom. The number of hydrazine groups is 1. The van der Waals surface area contributed by atoms with E-state index in [1.807, 2.05) is 18.3 Å². The predicted molar refractivity (Wildman–Crippen MR) is 76.4 cm³/mol. The Morgan fingerprint density at radius 3 is 2.68 bits per heavy atom. The summed E-state index contributed by atoms with van der Waals surface area (Å²) in [6, 6.07) is 4.52. The summed E-state index contributed by atoms with van der Waals surface area (Å²) in [6.07, 6.45) is 8.30. The molecule has 19 heavy (non-hydrogen) atoms. The molecule has 0 bridgehead atoms. The Morgan fingerprint density at radius 2 is 2.11 bits per heavy atom. The van der Waals surface area contributed by atoms with Crippen molar-refractivity contribution in [3.05, 3.63) is 23.9 Å². The van der Waals surface area contributed by atoms with Crippen molar-refractivity contribution in [3.8, 4) is 0 Å². The van der Waals surface area contributed by atoms with E-state index in [0.717, 1.165) is 18.7 Å². The molecule has 5 heteroatoms. The highest BCUT2D eigenvalue weighted by Crippen LogP contribution is 2.23. The van der Waals surface area contributed by atoms with E-state index in [-0.39, 0.29) is 6.61 Å². The molecule has 1 aliphatic carbocycles. The predicted octanol–water partition coefficient (Wildman–Crippen LogP) is 1.49. The van der Waals surface area contributed by atoms with Gasteiger partial charge >= 0.3 is 0 Å². The van der Waals surface area contributed by atoms with Gasteiger partial charge in [0.2, 0.25) is 0 Å². The molecular formula is C14H24N4O. The van der Waals surface area contributed by atoms with Crippen LogP contribution in [0.3, 0.4) is 0 Å². The van der Waals surface area contributed by atoms with Gasteiger partial charge in [-0.2, -0.15) is 0 Å². The number of aliphatic hydroxyl groups is 1. The molecule has 1 aromatic rings. The van der Waals surface area contributed by atoms with E-state index in [0.29, 0.717) is 11.9 Å². The van der Waals surface area contributed by atoms with Gasteiger partial charge in [0.1, 0.15) is 5.82 Å². The highest BCUT2D eigenvalue weighted by molar-refractivity contribution is 5.33. The van der Waals surface area contributed by atoms with E-state index in [2.05, 4.69) is 15.3 Å². The van der Waals surface area contributed by atoms with Gasteiger partial charge in [-0.15, -0.1) is 0 Å². The second-order valence-electron chi connectivity index (χ2n) is 5.18. The van der Waals surface area contributed by atoms with Crippen LogP contribution in [0.2, 0.25) is 0 Å². The molecule has 2 rings (SSSR count). The normalized spacial score (nSPS) is 16.8. The van der Waals surface area contributed by atoms with Crippen LogP contribution >= 0.6 is 0 Å². The van der Waals surface area contributed by atoms with Crippen LogP contribution in [-0.2, 0) is 6.54 Å². The van der Waals surface area contributed by atoms with E-state index in [9.17, 15) is 5.11 Å². The van der Waals surface area contributed by atoms with Gasteiger partial charge in [0, 0.05) is 25.3 Å². The fourth-order valence-corrected chi connectivity index (χ4v) is 2.80. The van der Waals surface area contributed by atoms with Crippen LogP contribution in [0.25, 0.3) is 0 Å². The minimum absolute atomic E-state index is 0.215. The maximum atomic E-state index is 9.24. The lowest BCUT2D eigenvalue weighted by Gasteiger charge is -2.33. The molecule has 0 unspecified atom stereocenters. The first-order chi connectivity index (χ1) is 9.33. The average molecular weight is 264 g/mol. The Labute approximate surface area is 114 Å². The van der Waals surface area contributed by atoms with Crippen molar-refractivity contribution in [2.24, 2.45) is 5.84 Å². The number of nitrogens with one attached hydrogen (secondary N) is 1. The summed E-state index contributed by atoms with van der Waals surface area (Å²) < 4.78 is 0. The van der Waals surface area contributed by atoms with E-state index in [1.54, 1.807) is 0 Å². The SMILES string of the molecule is NNc1ccc(CN(CCO)C2CCCCC2)cn1. The smallest absolute Gasteiger partial charge is 0.139 e. The fourth-order valence-electron chi connectivity index (χ4n) is 2.80.